The maximum Gasteiger partial charge on any atom is 0.106 e. The molecule has 0 aliphatic heterocycles. The Morgan fingerprint density at radius 3 is 2.64 bits per heavy atom. The largest absolute Gasteiger partial charge is 0.391 e. The fraction of sp³-hybridized carbons (Fsp3) is 0.556. The van der Waals surface area contributed by atoms with Crippen LogP contribution in [0, 0.1) is 0 Å². The minimum Gasteiger partial charge on any atom is -0.391 e. The van der Waals surface area contributed by atoms with Crippen molar-refractivity contribution in [3.63, 3.8) is 0 Å². The fourth-order valence-electron chi connectivity index (χ4n) is 1.15. The summed E-state index contributed by atoms with van der Waals surface area (Å²) in [4.78, 5) is 0.789. The van der Waals surface area contributed by atoms with Gasteiger partial charge in [-0.05, 0) is 29.2 Å². The third-order valence-corrected chi connectivity index (χ3v) is 3.16. The molecule has 3 N–H and O–H groups in total. The van der Waals surface area contributed by atoms with E-state index in [1.165, 1.54) is 11.3 Å². The molecule has 1 heterocycles. The van der Waals surface area contributed by atoms with Crippen molar-refractivity contribution >= 4 is 24.0 Å². The SMILES string of the molecule is OCc1cc(C(O)C(O)CCS)cs1. The highest BCUT2D eigenvalue weighted by atomic mass is 32.1. The van der Waals surface area contributed by atoms with Crippen molar-refractivity contribution in [1.82, 2.24) is 0 Å². The highest BCUT2D eigenvalue weighted by Gasteiger charge is 2.18. The quantitative estimate of drug-likeness (QED) is 0.574. The highest BCUT2D eigenvalue weighted by Crippen LogP contribution is 2.24. The van der Waals surface area contributed by atoms with Gasteiger partial charge in [0.25, 0.3) is 0 Å². The van der Waals surface area contributed by atoms with Gasteiger partial charge in [0, 0.05) is 4.88 Å². The predicted molar refractivity (Wildman–Crippen MR) is 59.7 cm³/mol. The van der Waals surface area contributed by atoms with Crippen LogP contribution in [0.3, 0.4) is 0 Å². The van der Waals surface area contributed by atoms with E-state index in [-0.39, 0.29) is 6.61 Å². The first-order valence-electron chi connectivity index (χ1n) is 4.34. The minimum atomic E-state index is -0.876. The van der Waals surface area contributed by atoms with Gasteiger partial charge in [0.1, 0.15) is 6.10 Å². The Labute approximate surface area is 92.4 Å². The zero-order valence-corrected chi connectivity index (χ0v) is 9.34. The topological polar surface area (TPSA) is 60.7 Å². The zero-order chi connectivity index (χ0) is 10.6. The van der Waals surface area contributed by atoms with Crippen LogP contribution in [0.1, 0.15) is 23.0 Å². The second-order valence-corrected chi connectivity index (χ2v) is 4.47. The molecule has 2 atom stereocenters. The monoisotopic (exact) mass is 234 g/mol. The van der Waals surface area contributed by atoms with Crippen LogP contribution in [0.25, 0.3) is 0 Å². The lowest BCUT2D eigenvalue weighted by molar-refractivity contribution is 0.0174. The highest BCUT2D eigenvalue weighted by molar-refractivity contribution is 7.80. The summed E-state index contributed by atoms with van der Waals surface area (Å²) in [5.41, 5.74) is 0.660. The zero-order valence-electron chi connectivity index (χ0n) is 7.63. The van der Waals surface area contributed by atoms with E-state index < -0.39 is 12.2 Å². The lowest BCUT2D eigenvalue weighted by Crippen LogP contribution is -2.18. The molecule has 0 bridgehead atoms. The molecule has 0 spiro atoms. The number of thiophene rings is 1. The summed E-state index contributed by atoms with van der Waals surface area (Å²) < 4.78 is 0. The van der Waals surface area contributed by atoms with Gasteiger partial charge in [-0.25, -0.2) is 0 Å². The van der Waals surface area contributed by atoms with Crippen molar-refractivity contribution in [2.24, 2.45) is 0 Å². The van der Waals surface area contributed by atoms with E-state index in [1.807, 2.05) is 0 Å². The summed E-state index contributed by atoms with van der Waals surface area (Å²) in [6.07, 6.45) is -1.21. The first kappa shape index (κ1) is 12.0. The molecule has 0 aromatic carbocycles. The summed E-state index contributed by atoms with van der Waals surface area (Å²) in [7, 11) is 0. The van der Waals surface area contributed by atoms with Gasteiger partial charge in [0.2, 0.25) is 0 Å². The Kier molecular flexibility index (Phi) is 4.91. The van der Waals surface area contributed by atoms with Crippen LogP contribution in [0.2, 0.25) is 0 Å². The average molecular weight is 234 g/mol. The molecule has 14 heavy (non-hydrogen) atoms. The molecule has 5 heteroatoms. The standard InChI is InChI=1S/C9H14O3S2/c10-4-7-3-6(5-14-7)9(12)8(11)1-2-13/h3,5,8-13H,1-2,4H2. The molecule has 0 amide bonds. The molecule has 0 aliphatic carbocycles. The van der Waals surface area contributed by atoms with Crippen LogP contribution < -0.4 is 0 Å². The Morgan fingerprint density at radius 2 is 2.14 bits per heavy atom. The molecular formula is C9H14O3S2. The lowest BCUT2D eigenvalue weighted by atomic mass is 10.1. The molecule has 0 radical (unpaired) electrons. The van der Waals surface area contributed by atoms with E-state index in [4.69, 9.17) is 5.11 Å². The Balaban J connectivity index is 2.63. The summed E-state index contributed by atoms with van der Waals surface area (Å²) in [5, 5.41) is 29.7. The Bertz CT molecular complexity index is 275. The molecule has 0 fully saturated rings. The van der Waals surface area contributed by atoms with Gasteiger partial charge in [-0.1, -0.05) is 0 Å². The van der Waals surface area contributed by atoms with Gasteiger partial charge in [-0.15, -0.1) is 11.3 Å². The molecule has 0 aliphatic rings. The van der Waals surface area contributed by atoms with E-state index >= 15 is 0 Å². The first-order chi connectivity index (χ1) is 6.69. The number of thiol groups is 1. The van der Waals surface area contributed by atoms with E-state index in [2.05, 4.69) is 12.6 Å². The van der Waals surface area contributed by atoms with Crippen LogP contribution in [0.15, 0.2) is 11.4 Å². The van der Waals surface area contributed by atoms with Crippen molar-refractivity contribution in [2.45, 2.75) is 25.2 Å². The molecule has 0 saturated heterocycles. The summed E-state index contributed by atoms with van der Waals surface area (Å²) in [6.45, 7) is -0.0277. The summed E-state index contributed by atoms with van der Waals surface area (Å²) in [5.74, 6) is 0.537. The van der Waals surface area contributed by atoms with E-state index in [0.29, 0.717) is 17.7 Å². The summed E-state index contributed by atoms with van der Waals surface area (Å²) in [6, 6.07) is 1.71. The second-order valence-electron chi connectivity index (χ2n) is 3.03. The van der Waals surface area contributed by atoms with Gasteiger partial charge in [0.15, 0.2) is 0 Å². The van der Waals surface area contributed by atoms with Crippen LogP contribution in [-0.2, 0) is 6.61 Å². The summed E-state index contributed by atoms with van der Waals surface area (Å²) >= 11 is 5.36. The van der Waals surface area contributed by atoms with Crippen molar-refractivity contribution in [2.75, 3.05) is 5.75 Å². The third kappa shape index (κ3) is 2.96. The van der Waals surface area contributed by atoms with Gasteiger partial charge in [0.05, 0.1) is 12.7 Å². The minimum absolute atomic E-state index is 0.0277. The molecular weight excluding hydrogens is 220 g/mol. The number of hydrogen-bond acceptors (Lipinski definition) is 5. The number of hydrogen-bond donors (Lipinski definition) is 4. The Morgan fingerprint density at radius 1 is 1.43 bits per heavy atom. The van der Waals surface area contributed by atoms with Crippen LogP contribution in [-0.4, -0.2) is 27.2 Å². The van der Waals surface area contributed by atoms with Gasteiger partial charge in [-0.3, -0.25) is 0 Å². The molecule has 80 valence electrons. The van der Waals surface area contributed by atoms with Crippen LogP contribution >= 0.6 is 24.0 Å². The van der Waals surface area contributed by atoms with Crippen molar-refractivity contribution in [3.05, 3.63) is 21.9 Å². The van der Waals surface area contributed by atoms with E-state index in [9.17, 15) is 10.2 Å². The number of rotatable bonds is 5. The lowest BCUT2D eigenvalue weighted by Gasteiger charge is -2.15. The molecule has 1 aromatic heterocycles. The van der Waals surface area contributed by atoms with Gasteiger partial charge in [-0.2, -0.15) is 12.6 Å². The predicted octanol–water partition coefficient (Wildman–Crippen LogP) is 0.955. The molecule has 0 saturated carbocycles. The average Bonchev–Trinajstić information content (AvgIpc) is 2.65. The number of aliphatic hydroxyl groups excluding tert-OH is 3. The maximum absolute atomic E-state index is 9.67. The van der Waals surface area contributed by atoms with Crippen molar-refractivity contribution in [1.29, 1.82) is 0 Å². The fourth-order valence-corrected chi connectivity index (χ4v) is 2.19. The van der Waals surface area contributed by atoms with Crippen LogP contribution in [0.4, 0.5) is 0 Å². The number of aliphatic hydroxyl groups is 3. The van der Waals surface area contributed by atoms with E-state index in [0.717, 1.165) is 4.88 Å². The van der Waals surface area contributed by atoms with Gasteiger partial charge < -0.3 is 15.3 Å². The third-order valence-electron chi connectivity index (χ3n) is 1.96. The first-order valence-corrected chi connectivity index (χ1v) is 5.85. The van der Waals surface area contributed by atoms with Gasteiger partial charge >= 0.3 is 0 Å². The van der Waals surface area contributed by atoms with Crippen LogP contribution in [0.5, 0.6) is 0 Å². The molecule has 2 unspecified atom stereocenters. The Hall–Kier alpha value is -0.0700. The van der Waals surface area contributed by atoms with Crippen molar-refractivity contribution < 1.29 is 15.3 Å². The van der Waals surface area contributed by atoms with Crippen molar-refractivity contribution in [3.8, 4) is 0 Å². The second kappa shape index (κ2) is 5.72. The smallest absolute Gasteiger partial charge is 0.106 e. The normalized spacial score (nSPS) is 15.4. The maximum atomic E-state index is 9.67. The molecule has 3 nitrogen and oxygen atoms in total. The molecule has 1 aromatic rings. The molecule has 1 rings (SSSR count). The van der Waals surface area contributed by atoms with E-state index in [1.54, 1.807) is 11.4 Å².